The number of nitrogens with one attached hydrogen (secondary N) is 1. The van der Waals surface area contributed by atoms with Crippen LogP contribution in [0.15, 0.2) is 0 Å². The molecule has 1 N–H and O–H groups in total. The topological polar surface area (TPSA) is 66.5 Å². The first kappa shape index (κ1) is 17.3. The third-order valence-corrected chi connectivity index (χ3v) is 6.34. The van der Waals surface area contributed by atoms with E-state index < -0.39 is 14.6 Å². The van der Waals surface area contributed by atoms with Gasteiger partial charge in [0.25, 0.3) is 0 Å². The van der Waals surface area contributed by atoms with Crippen molar-refractivity contribution in [2.75, 3.05) is 25.9 Å². The Labute approximate surface area is 123 Å². The number of nitrogens with zero attached hydrogens (tertiary/aromatic N) is 1. The van der Waals surface area contributed by atoms with Gasteiger partial charge in [0, 0.05) is 25.9 Å². The highest BCUT2D eigenvalue weighted by atomic mass is 32.2. The van der Waals surface area contributed by atoms with Gasteiger partial charge in [-0.15, -0.1) is 0 Å². The lowest BCUT2D eigenvalue weighted by Crippen LogP contribution is -2.49. The molecule has 0 aromatic heterocycles. The van der Waals surface area contributed by atoms with Crippen molar-refractivity contribution < 1.29 is 13.2 Å². The van der Waals surface area contributed by atoms with E-state index in [-0.39, 0.29) is 12.6 Å². The lowest BCUT2D eigenvalue weighted by atomic mass is 9.97. The fourth-order valence-corrected chi connectivity index (χ4v) is 2.77. The van der Waals surface area contributed by atoms with Crippen LogP contribution in [-0.2, 0) is 9.84 Å². The predicted molar refractivity (Wildman–Crippen MR) is 81.5 cm³/mol. The van der Waals surface area contributed by atoms with Crippen molar-refractivity contribution in [1.29, 1.82) is 0 Å². The quantitative estimate of drug-likeness (QED) is 0.866. The minimum absolute atomic E-state index is 0.144. The first-order chi connectivity index (χ1) is 9.03. The highest BCUT2D eigenvalue weighted by Gasteiger charge is 2.31. The van der Waals surface area contributed by atoms with Crippen LogP contribution in [0.4, 0.5) is 4.79 Å². The van der Waals surface area contributed by atoms with Crippen molar-refractivity contribution >= 4 is 15.9 Å². The molecule has 2 atom stereocenters. The zero-order valence-electron chi connectivity index (χ0n) is 13.3. The van der Waals surface area contributed by atoms with Crippen LogP contribution in [0.1, 0.15) is 40.5 Å². The standard InChI is InChI=1S/C14H28N2O3S/c1-11-6-7-16(9-12(2)8-11)13(17)15-10-14(3,4)20(5,18)19/h11-12H,6-10H2,1-5H3,(H,15,17)/t11-,12+/m1/s1. The Bertz CT molecular complexity index is 445. The van der Waals surface area contributed by atoms with E-state index in [1.807, 2.05) is 4.90 Å². The Kier molecular flexibility index (Phi) is 5.46. The van der Waals surface area contributed by atoms with Gasteiger partial charge in [-0.3, -0.25) is 0 Å². The molecular formula is C14H28N2O3S. The molecule has 1 rings (SSSR count). The van der Waals surface area contributed by atoms with Gasteiger partial charge >= 0.3 is 6.03 Å². The molecule has 20 heavy (non-hydrogen) atoms. The molecular weight excluding hydrogens is 276 g/mol. The molecule has 1 saturated heterocycles. The van der Waals surface area contributed by atoms with Gasteiger partial charge in [0.05, 0.1) is 4.75 Å². The van der Waals surface area contributed by atoms with Gasteiger partial charge in [-0.2, -0.15) is 0 Å². The molecule has 0 unspecified atom stereocenters. The third kappa shape index (κ3) is 4.65. The molecule has 0 aromatic rings. The number of sulfone groups is 1. The molecule has 118 valence electrons. The number of carbonyl (C=O) groups excluding carboxylic acids is 1. The van der Waals surface area contributed by atoms with E-state index in [1.165, 1.54) is 6.26 Å². The van der Waals surface area contributed by atoms with Gasteiger partial charge in [-0.1, -0.05) is 13.8 Å². The molecule has 0 radical (unpaired) electrons. The maximum absolute atomic E-state index is 12.2. The minimum atomic E-state index is -3.19. The molecule has 0 bridgehead atoms. The van der Waals surface area contributed by atoms with E-state index in [0.29, 0.717) is 11.8 Å². The molecule has 0 spiro atoms. The van der Waals surface area contributed by atoms with Crippen LogP contribution in [0.3, 0.4) is 0 Å². The van der Waals surface area contributed by atoms with Crippen molar-refractivity contribution in [2.45, 2.75) is 45.3 Å². The number of carbonyl (C=O) groups is 1. The largest absolute Gasteiger partial charge is 0.336 e. The number of hydrogen-bond donors (Lipinski definition) is 1. The molecule has 0 aliphatic carbocycles. The highest BCUT2D eigenvalue weighted by Crippen LogP contribution is 2.21. The minimum Gasteiger partial charge on any atom is -0.336 e. The maximum atomic E-state index is 12.2. The highest BCUT2D eigenvalue weighted by molar-refractivity contribution is 7.92. The van der Waals surface area contributed by atoms with Crippen LogP contribution in [0.2, 0.25) is 0 Å². The summed E-state index contributed by atoms with van der Waals surface area (Å²) < 4.78 is 22.3. The van der Waals surface area contributed by atoms with Crippen LogP contribution in [0.25, 0.3) is 0 Å². The first-order valence-corrected chi connectivity index (χ1v) is 9.14. The summed E-state index contributed by atoms with van der Waals surface area (Å²) in [6.45, 7) is 9.27. The molecule has 0 aromatic carbocycles. The van der Waals surface area contributed by atoms with Crippen LogP contribution in [0.5, 0.6) is 0 Å². The lowest BCUT2D eigenvalue weighted by molar-refractivity contribution is 0.193. The molecule has 1 aliphatic rings. The summed E-state index contributed by atoms with van der Waals surface area (Å²) >= 11 is 0. The summed E-state index contributed by atoms with van der Waals surface area (Å²) in [6.07, 6.45) is 3.35. The normalized spacial score (nSPS) is 25.1. The molecule has 1 fully saturated rings. The van der Waals surface area contributed by atoms with Crippen molar-refractivity contribution in [3.63, 3.8) is 0 Å². The SMILES string of the molecule is C[C@@H]1CCN(C(=O)NCC(C)(C)S(C)(=O)=O)C[C@@H](C)C1. The zero-order valence-corrected chi connectivity index (χ0v) is 14.1. The second kappa shape index (κ2) is 6.33. The molecule has 5 nitrogen and oxygen atoms in total. The second-order valence-corrected chi connectivity index (χ2v) is 9.52. The fourth-order valence-electron chi connectivity index (χ4n) is 2.44. The van der Waals surface area contributed by atoms with Crippen molar-refractivity contribution in [2.24, 2.45) is 11.8 Å². The van der Waals surface area contributed by atoms with Crippen LogP contribution in [-0.4, -0.2) is 50.0 Å². The number of urea groups is 1. The van der Waals surface area contributed by atoms with Gasteiger partial charge < -0.3 is 10.2 Å². The fraction of sp³-hybridized carbons (Fsp3) is 0.929. The summed E-state index contributed by atoms with van der Waals surface area (Å²) in [6, 6.07) is -0.150. The molecule has 1 heterocycles. The summed E-state index contributed by atoms with van der Waals surface area (Å²) in [7, 11) is -3.19. The number of amides is 2. The predicted octanol–water partition coefficient (Wildman–Crippen LogP) is 1.89. The first-order valence-electron chi connectivity index (χ1n) is 7.25. The van der Waals surface area contributed by atoms with E-state index >= 15 is 0 Å². The smallest absolute Gasteiger partial charge is 0.317 e. The maximum Gasteiger partial charge on any atom is 0.317 e. The van der Waals surface area contributed by atoms with Crippen LogP contribution in [0, 0.1) is 11.8 Å². The number of rotatable bonds is 3. The summed E-state index contributed by atoms with van der Waals surface area (Å²) in [5.41, 5.74) is 0. The average Bonchev–Trinajstić information content (AvgIpc) is 2.45. The van der Waals surface area contributed by atoms with E-state index in [9.17, 15) is 13.2 Å². The van der Waals surface area contributed by atoms with Gasteiger partial charge in [0.15, 0.2) is 9.84 Å². The monoisotopic (exact) mass is 304 g/mol. The van der Waals surface area contributed by atoms with Crippen LogP contribution < -0.4 is 5.32 Å². The van der Waals surface area contributed by atoms with E-state index in [0.717, 1.165) is 25.9 Å². The van der Waals surface area contributed by atoms with Gasteiger partial charge in [-0.25, -0.2) is 13.2 Å². The van der Waals surface area contributed by atoms with Gasteiger partial charge in [0.1, 0.15) is 0 Å². The molecule has 2 amide bonds. The second-order valence-electron chi connectivity index (χ2n) is 6.87. The van der Waals surface area contributed by atoms with Crippen molar-refractivity contribution in [3.05, 3.63) is 0 Å². The Balaban J connectivity index is 2.59. The Morgan fingerprint density at radius 2 is 1.90 bits per heavy atom. The summed E-state index contributed by atoms with van der Waals surface area (Å²) in [5, 5.41) is 2.77. The summed E-state index contributed by atoms with van der Waals surface area (Å²) in [5.74, 6) is 1.12. The average molecular weight is 304 g/mol. The van der Waals surface area contributed by atoms with Gasteiger partial charge in [0.2, 0.25) is 0 Å². The van der Waals surface area contributed by atoms with Crippen molar-refractivity contribution in [1.82, 2.24) is 10.2 Å². The van der Waals surface area contributed by atoms with E-state index in [2.05, 4.69) is 19.2 Å². The third-order valence-electron chi connectivity index (χ3n) is 4.18. The number of likely N-dealkylation sites (tertiary alicyclic amines) is 1. The van der Waals surface area contributed by atoms with Gasteiger partial charge in [-0.05, 0) is 38.5 Å². The van der Waals surface area contributed by atoms with Crippen LogP contribution >= 0.6 is 0 Å². The molecule has 1 aliphatic heterocycles. The van der Waals surface area contributed by atoms with E-state index in [1.54, 1.807) is 13.8 Å². The Morgan fingerprint density at radius 1 is 1.30 bits per heavy atom. The van der Waals surface area contributed by atoms with E-state index in [4.69, 9.17) is 0 Å². The lowest BCUT2D eigenvalue weighted by Gasteiger charge is -2.27. The Morgan fingerprint density at radius 3 is 2.45 bits per heavy atom. The zero-order chi connectivity index (χ0) is 15.6. The Hall–Kier alpha value is -0.780. The molecule has 0 saturated carbocycles. The number of hydrogen-bond acceptors (Lipinski definition) is 3. The van der Waals surface area contributed by atoms with Crippen molar-refractivity contribution in [3.8, 4) is 0 Å². The molecule has 6 heteroatoms. The summed E-state index contributed by atoms with van der Waals surface area (Å²) in [4.78, 5) is 14.0.